The van der Waals surface area contributed by atoms with Crippen LogP contribution in [0, 0.1) is 0 Å². The van der Waals surface area contributed by atoms with Gasteiger partial charge in [0.1, 0.15) is 5.75 Å². The SMILES string of the molecule is CC(C)c1cc(O)cc(CCN)c1. The number of hydrogen-bond acceptors (Lipinski definition) is 2. The average Bonchev–Trinajstić information content (AvgIpc) is 2.03. The van der Waals surface area contributed by atoms with Crippen LogP contribution < -0.4 is 5.73 Å². The summed E-state index contributed by atoms with van der Waals surface area (Å²) in [4.78, 5) is 0. The predicted molar refractivity (Wildman–Crippen MR) is 55.0 cm³/mol. The van der Waals surface area contributed by atoms with Gasteiger partial charge in [0, 0.05) is 0 Å². The Morgan fingerprint density at radius 3 is 2.54 bits per heavy atom. The second kappa shape index (κ2) is 4.28. The summed E-state index contributed by atoms with van der Waals surface area (Å²) in [6.45, 7) is 4.85. The van der Waals surface area contributed by atoms with E-state index >= 15 is 0 Å². The third-order valence-electron chi connectivity index (χ3n) is 2.10. The van der Waals surface area contributed by atoms with E-state index in [0.717, 1.165) is 12.0 Å². The summed E-state index contributed by atoms with van der Waals surface area (Å²) < 4.78 is 0. The summed E-state index contributed by atoms with van der Waals surface area (Å²) in [6.07, 6.45) is 0.827. The van der Waals surface area contributed by atoms with Crippen LogP contribution in [0.3, 0.4) is 0 Å². The molecule has 1 aromatic carbocycles. The molecule has 0 atom stereocenters. The molecule has 0 radical (unpaired) electrons. The van der Waals surface area contributed by atoms with E-state index in [0.29, 0.717) is 18.2 Å². The third kappa shape index (κ3) is 2.74. The Balaban J connectivity index is 2.96. The minimum absolute atomic E-state index is 0.342. The second-order valence-electron chi connectivity index (χ2n) is 3.63. The highest BCUT2D eigenvalue weighted by Crippen LogP contribution is 2.22. The summed E-state index contributed by atoms with van der Waals surface area (Å²) in [6, 6.07) is 5.70. The zero-order valence-corrected chi connectivity index (χ0v) is 8.25. The van der Waals surface area contributed by atoms with Crippen molar-refractivity contribution in [1.82, 2.24) is 0 Å². The van der Waals surface area contributed by atoms with Crippen LogP contribution in [0.25, 0.3) is 0 Å². The quantitative estimate of drug-likeness (QED) is 0.745. The van der Waals surface area contributed by atoms with Crippen molar-refractivity contribution in [1.29, 1.82) is 0 Å². The minimum atomic E-state index is 0.342. The lowest BCUT2D eigenvalue weighted by atomic mass is 9.99. The number of nitrogens with two attached hydrogens (primary N) is 1. The fraction of sp³-hybridized carbons (Fsp3) is 0.455. The Labute approximate surface area is 79.4 Å². The molecular formula is C11H17NO. The van der Waals surface area contributed by atoms with Gasteiger partial charge < -0.3 is 10.8 Å². The van der Waals surface area contributed by atoms with Crippen molar-refractivity contribution >= 4 is 0 Å². The summed E-state index contributed by atoms with van der Waals surface area (Å²) in [5, 5.41) is 9.43. The normalized spacial score (nSPS) is 10.8. The van der Waals surface area contributed by atoms with Crippen LogP contribution in [-0.2, 0) is 6.42 Å². The highest BCUT2D eigenvalue weighted by atomic mass is 16.3. The van der Waals surface area contributed by atoms with Gasteiger partial charge in [-0.25, -0.2) is 0 Å². The highest BCUT2D eigenvalue weighted by molar-refractivity contribution is 5.35. The first-order chi connectivity index (χ1) is 6.13. The van der Waals surface area contributed by atoms with E-state index in [2.05, 4.69) is 19.9 Å². The molecule has 0 unspecified atom stereocenters. The molecule has 0 aliphatic heterocycles. The Hall–Kier alpha value is -1.02. The van der Waals surface area contributed by atoms with Gasteiger partial charge in [-0.2, -0.15) is 0 Å². The van der Waals surface area contributed by atoms with E-state index < -0.39 is 0 Å². The molecule has 0 aliphatic carbocycles. The lowest BCUT2D eigenvalue weighted by molar-refractivity contribution is 0.473. The molecule has 72 valence electrons. The number of hydrogen-bond donors (Lipinski definition) is 2. The van der Waals surface area contributed by atoms with Gasteiger partial charge in [0.05, 0.1) is 0 Å². The molecule has 2 heteroatoms. The first-order valence-corrected chi connectivity index (χ1v) is 4.66. The monoisotopic (exact) mass is 179 g/mol. The summed E-state index contributed by atoms with van der Waals surface area (Å²) in [7, 11) is 0. The van der Waals surface area contributed by atoms with E-state index in [1.807, 2.05) is 6.07 Å². The summed E-state index contributed by atoms with van der Waals surface area (Å²) in [5.41, 5.74) is 7.74. The van der Waals surface area contributed by atoms with E-state index in [9.17, 15) is 5.11 Å². The van der Waals surface area contributed by atoms with E-state index in [1.54, 1.807) is 6.07 Å². The Bertz CT molecular complexity index is 281. The summed E-state index contributed by atoms with van der Waals surface area (Å²) >= 11 is 0. The molecule has 2 nitrogen and oxygen atoms in total. The maximum Gasteiger partial charge on any atom is 0.116 e. The molecule has 0 heterocycles. The van der Waals surface area contributed by atoms with Crippen molar-refractivity contribution in [3.05, 3.63) is 29.3 Å². The zero-order chi connectivity index (χ0) is 9.84. The first kappa shape index (κ1) is 10.1. The molecule has 1 aromatic rings. The van der Waals surface area contributed by atoms with E-state index in [1.165, 1.54) is 5.56 Å². The van der Waals surface area contributed by atoms with Gasteiger partial charge in [-0.15, -0.1) is 0 Å². The van der Waals surface area contributed by atoms with Gasteiger partial charge >= 0.3 is 0 Å². The summed E-state index contributed by atoms with van der Waals surface area (Å²) in [5.74, 6) is 0.790. The molecule has 0 spiro atoms. The van der Waals surface area contributed by atoms with Crippen LogP contribution in [0.4, 0.5) is 0 Å². The van der Waals surface area contributed by atoms with Crippen LogP contribution in [0.2, 0.25) is 0 Å². The second-order valence-corrected chi connectivity index (χ2v) is 3.63. The van der Waals surface area contributed by atoms with E-state index in [4.69, 9.17) is 5.73 Å². The Kier molecular flexibility index (Phi) is 3.32. The van der Waals surface area contributed by atoms with Crippen LogP contribution in [0.5, 0.6) is 5.75 Å². The zero-order valence-electron chi connectivity index (χ0n) is 8.25. The van der Waals surface area contributed by atoms with Crippen LogP contribution in [0.1, 0.15) is 30.9 Å². The van der Waals surface area contributed by atoms with Gasteiger partial charge in [-0.05, 0) is 42.1 Å². The van der Waals surface area contributed by atoms with Gasteiger partial charge in [0.15, 0.2) is 0 Å². The number of phenolic OH excluding ortho intramolecular Hbond substituents is 1. The third-order valence-corrected chi connectivity index (χ3v) is 2.10. The lowest BCUT2D eigenvalue weighted by Gasteiger charge is -2.08. The standard InChI is InChI=1S/C11H17NO/c1-8(2)10-5-9(3-4-12)6-11(13)7-10/h5-8,13H,3-4,12H2,1-2H3. The molecular weight excluding hydrogens is 162 g/mol. The van der Waals surface area contributed by atoms with Gasteiger partial charge in [0.2, 0.25) is 0 Å². The van der Waals surface area contributed by atoms with Crippen molar-refractivity contribution in [2.45, 2.75) is 26.2 Å². The first-order valence-electron chi connectivity index (χ1n) is 4.66. The number of aromatic hydroxyl groups is 1. The largest absolute Gasteiger partial charge is 0.508 e. The van der Waals surface area contributed by atoms with Crippen molar-refractivity contribution in [2.24, 2.45) is 5.73 Å². The number of rotatable bonds is 3. The van der Waals surface area contributed by atoms with Crippen molar-refractivity contribution < 1.29 is 5.11 Å². The molecule has 0 aliphatic rings. The van der Waals surface area contributed by atoms with Gasteiger partial charge in [-0.3, -0.25) is 0 Å². The fourth-order valence-corrected chi connectivity index (χ4v) is 1.34. The van der Waals surface area contributed by atoms with Crippen molar-refractivity contribution in [2.75, 3.05) is 6.54 Å². The molecule has 13 heavy (non-hydrogen) atoms. The van der Waals surface area contributed by atoms with Crippen molar-refractivity contribution in [3.63, 3.8) is 0 Å². The Morgan fingerprint density at radius 2 is 2.00 bits per heavy atom. The molecule has 3 N–H and O–H groups in total. The van der Waals surface area contributed by atoms with Gasteiger partial charge in [-0.1, -0.05) is 19.9 Å². The molecule has 0 saturated carbocycles. The molecule has 0 aromatic heterocycles. The van der Waals surface area contributed by atoms with Crippen LogP contribution in [0.15, 0.2) is 18.2 Å². The molecule has 0 amide bonds. The lowest BCUT2D eigenvalue weighted by Crippen LogP contribution is -2.03. The average molecular weight is 179 g/mol. The van der Waals surface area contributed by atoms with Crippen LogP contribution in [-0.4, -0.2) is 11.7 Å². The number of benzene rings is 1. The topological polar surface area (TPSA) is 46.2 Å². The maximum absolute atomic E-state index is 9.43. The van der Waals surface area contributed by atoms with Crippen molar-refractivity contribution in [3.8, 4) is 5.75 Å². The van der Waals surface area contributed by atoms with Crippen LogP contribution >= 0.6 is 0 Å². The molecule has 0 saturated heterocycles. The molecule has 0 bridgehead atoms. The molecule has 1 rings (SSSR count). The molecule has 0 fully saturated rings. The predicted octanol–water partition coefficient (Wildman–Crippen LogP) is 2.02. The smallest absolute Gasteiger partial charge is 0.116 e. The Morgan fingerprint density at radius 1 is 1.31 bits per heavy atom. The number of phenols is 1. The van der Waals surface area contributed by atoms with Gasteiger partial charge in [0.25, 0.3) is 0 Å². The maximum atomic E-state index is 9.43. The highest BCUT2D eigenvalue weighted by Gasteiger charge is 2.02. The minimum Gasteiger partial charge on any atom is -0.508 e. The van der Waals surface area contributed by atoms with E-state index in [-0.39, 0.29) is 0 Å². The fourth-order valence-electron chi connectivity index (χ4n) is 1.34.